The zero-order valence-electron chi connectivity index (χ0n) is 13.3. The molecule has 0 radical (unpaired) electrons. The molecule has 0 saturated carbocycles. The Morgan fingerprint density at radius 2 is 1.96 bits per heavy atom. The molecule has 124 valence electrons. The molecule has 2 aromatic carbocycles. The number of para-hydroxylation sites is 1. The first-order valence-corrected chi connectivity index (χ1v) is 7.68. The van der Waals surface area contributed by atoms with Gasteiger partial charge in [0, 0.05) is 11.6 Å². The van der Waals surface area contributed by atoms with Crippen molar-refractivity contribution in [3.63, 3.8) is 0 Å². The summed E-state index contributed by atoms with van der Waals surface area (Å²) < 4.78 is 15.2. The number of rotatable bonds is 3. The summed E-state index contributed by atoms with van der Waals surface area (Å²) >= 11 is 0. The molecule has 0 bridgehead atoms. The zero-order valence-corrected chi connectivity index (χ0v) is 13.3. The van der Waals surface area contributed by atoms with Crippen LogP contribution in [-0.4, -0.2) is 19.6 Å². The second-order valence-electron chi connectivity index (χ2n) is 5.66. The Labute approximate surface area is 142 Å². The highest BCUT2D eigenvalue weighted by Crippen LogP contribution is 2.24. The minimum absolute atomic E-state index is 0.192. The number of aryl methyl sites for hydroxylation is 1. The summed E-state index contributed by atoms with van der Waals surface area (Å²) in [6.45, 7) is 1.99. The maximum Gasteiger partial charge on any atom is 0.350 e. The van der Waals surface area contributed by atoms with E-state index in [0.717, 1.165) is 11.1 Å². The van der Waals surface area contributed by atoms with E-state index in [0.29, 0.717) is 11.3 Å². The molecule has 0 fully saturated rings. The van der Waals surface area contributed by atoms with Crippen molar-refractivity contribution in [2.45, 2.75) is 6.92 Å². The number of benzene rings is 2. The number of anilines is 2. The summed E-state index contributed by atoms with van der Waals surface area (Å²) in [5.74, 6) is -0.243. The number of nitrogens with zero attached hydrogens (tertiary/aromatic N) is 3. The van der Waals surface area contributed by atoms with Crippen LogP contribution in [0.4, 0.5) is 16.0 Å². The molecule has 0 aliphatic heterocycles. The second kappa shape index (κ2) is 5.86. The van der Waals surface area contributed by atoms with Gasteiger partial charge in [0.1, 0.15) is 5.82 Å². The number of H-pyrrole nitrogens is 1. The standard InChI is InChI=1S/C18H14FN5O/c1-11-5-4-6-12(9-11)15-10-16-22-23-18(25)24(16)17(21-15)20-14-8-3-2-7-13(14)19/h2-10H,1H3,(H,20,21)(H,23,25). The van der Waals surface area contributed by atoms with E-state index in [1.807, 2.05) is 31.2 Å². The van der Waals surface area contributed by atoms with Gasteiger partial charge in [-0.05, 0) is 25.1 Å². The van der Waals surface area contributed by atoms with Gasteiger partial charge in [0.25, 0.3) is 0 Å². The quantitative estimate of drug-likeness (QED) is 0.602. The Bertz CT molecular complexity index is 1130. The van der Waals surface area contributed by atoms with Crippen molar-refractivity contribution < 1.29 is 4.39 Å². The fourth-order valence-corrected chi connectivity index (χ4v) is 2.65. The lowest BCUT2D eigenvalue weighted by molar-refractivity contribution is 0.631. The maximum atomic E-state index is 14.0. The molecule has 0 spiro atoms. The first-order chi connectivity index (χ1) is 12.1. The molecule has 6 nitrogen and oxygen atoms in total. The second-order valence-corrected chi connectivity index (χ2v) is 5.66. The number of hydrogen-bond acceptors (Lipinski definition) is 4. The Kier molecular flexibility index (Phi) is 3.53. The monoisotopic (exact) mass is 335 g/mol. The number of nitrogens with one attached hydrogen (secondary N) is 2. The summed E-state index contributed by atoms with van der Waals surface area (Å²) in [4.78, 5) is 16.6. The van der Waals surface area contributed by atoms with Crippen molar-refractivity contribution >= 4 is 17.3 Å². The Balaban J connectivity index is 1.91. The first-order valence-electron chi connectivity index (χ1n) is 7.68. The minimum atomic E-state index is -0.447. The molecule has 2 N–H and O–H groups in total. The van der Waals surface area contributed by atoms with Crippen molar-refractivity contribution in [1.29, 1.82) is 0 Å². The van der Waals surface area contributed by atoms with E-state index in [4.69, 9.17) is 0 Å². The van der Waals surface area contributed by atoms with Crippen LogP contribution in [0.25, 0.3) is 16.9 Å². The van der Waals surface area contributed by atoms with E-state index in [-0.39, 0.29) is 11.6 Å². The van der Waals surface area contributed by atoms with Crippen LogP contribution < -0.4 is 11.0 Å². The fraction of sp³-hybridized carbons (Fsp3) is 0.0556. The van der Waals surface area contributed by atoms with Crippen molar-refractivity contribution in [1.82, 2.24) is 19.6 Å². The summed E-state index contributed by atoms with van der Waals surface area (Å²) in [7, 11) is 0. The van der Waals surface area contributed by atoms with Crippen LogP contribution in [0.5, 0.6) is 0 Å². The van der Waals surface area contributed by atoms with Gasteiger partial charge in [-0.1, -0.05) is 35.9 Å². The maximum absolute atomic E-state index is 14.0. The molecule has 7 heteroatoms. The van der Waals surface area contributed by atoms with Gasteiger partial charge in [0.05, 0.1) is 11.4 Å². The smallest absolute Gasteiger partial charge is 0.323 e. The van der Waals surface area contributed by atoms with E-state index < -0.39 is 11.5 Å². The normalized spacial score (nSPS) is 11.0. The van der Waals surface area contributed by atoms with Gasteiger partial charge >= 0.3 is 5.69 Å². The zero-order chi connectivity index (χ0) is 17.4. The van der Waals surface area contributed by atoms with Gasteiger partial charge in [-0.2, -0.15) is 5.10 Å². The Morgan fingerprint density at radius 3 is 2.76 bits per heavy atom. The van der Waals surface area contributed by atoms with Gasteiger partial charge in [0.2, 0.25) is 5.95 Å². The molecular weight excluding hydrogens is 321 g/mol. The number of fused-ring (bicyclic) bond motifs is 1. The lowest BCUT2D eigenvalue weighted by Crippen LogP contribution is -2.15. The van der Waals surface area contributed by atoms with Gasteiger partial charge < -0.3 is 5.32 Å². The number of aromatic amines is 1. The predicted molar refractivity (Wildman–Crippen MR) is 93.5 cm³/mol. The molecule has 0 unspecified atom stereocenters. The summed E-state index contributed by atoms with van der Waals surface area (Å²) in [6, 6.07) is 15.7. The highest BCUT2D eigenvalue weighted by atomic mass is 19.1. The van der Waals surface area contributed by atoms with E-state index in [9.17, 15) is 9.18 Å². The minimum Gasteiger partial charge on any atom is -0.323 e. The number of aromatic nitrogens is 4. The molecule has 0 aliphatic rings. The van der Waals surface area contributed by atoms with Crippen LogP contribution in [0.2, 0.25) is 0 Å². The van der Waals surface area contributed by atoms with E-state index in [1.54, 1.807) is 24.3 Å². The lowest BCUT2D eigenvalue weighted by atomic mass is 10.1. The lowest BCUT2D eigenvalue weighted by Gasteiger charge is -2.10. The Morgan fingerprint density at radius 1 is 1.12 bits per heavy atom. The van der Waals surface area contributed by atoms with E-state index in [1.165, 1.54) is 10.5 Å². The van der Waals surface area contributed by atoms with Crippen molar-refractivity contribution in [3.8, 4) is 11.3 Å². The number of halogens is 1. The predicted octanol–water partition coefficient (Wildman–Crippen LogP) is 3.28. The average molecular weight is 335 g/mol. The van der Waals surface area contributed by atoms with Crippen LogP contribution >= 0.6 is 0 Å². The van der Waals surface area contributed by atoms with Gasteiger partial charge in [-0.3, -0.25) is 0 Å². The van der Waals surface area contributed by atoms with Gasteiger partial charge in [0.15, 0.2) is 5.65 Å². The molecule has 0 amide bonds. The van der Waals surface area contributed by atoms with Crippen molar-refractivity contribution in [3.05, 3.63) is 76.5 Å². The largest absolute Gasteiger partial charge is 0.350 e. The number of hydrogen-bond donors (Lipinski definition) is 2. The first kappa shape index (κ1) is 15.1. The van der Waals surface area contributed by atoms with E-state index >= 15 is 0 Å². The third-order valence-electron chi connectivity index (χ3n) is 3.84. The van der Waals surface area contributed by atoms with Crippen LogP contribution in [0.3, 0.4) is 0 Å². The molecular formula is C18H14FN5O. The molecule has 4 aromatic rings. The highest BCUT2D eigenvalue weighted by molar-refractivity contribution is 5.68. The molecule has 0 aliphatic carbocycles. The fourth-order valence-electron chi connectivity index (χ4n) is 2.65. The SMILES string of the molecule is Cc1cccc(-c2cc3n[nH]c(=O)n3c(Nc3ccccc3F)n2)c1. The summed E-state index contributed by atoms with van der Waals surface area (Å²) in [5.41, 5.74) is 2.78. The average Bonchev–Trinajstić information content (AvgIpc) is 2.98. The van der Waals surface area contributed by atoms with Crippen LogP contribution in [0.15, 0.2) is 59.4 Å². The molecule has 0 atom stereocenters. The van der Waals surface area contributed by atoms with Crippen LogP contribution in [0, 0.1) is 12.7 Å². The van der Waals surface area contributed by atoms with Gasteiger partial charge in [-0.15, -0.1) is 0 Å². The third-order valence-corrected chi connectivity index (χ3v) is 3.84. The molecule has 2 aromatic heterocycles. The van der Waals surface area contributed by atoms with Gasteiger partial charge in [-0.25, -0.2) is 23.7 Å². The molecule has 2 heterocycles. The summed E-state index contributed by atoms with van der Waals surface area (Å²) in [6.07, 6.45) is 0. The molecule has 25 heavy (non-hydrogen) atoms. The highest BCUT2D eigenvalue weighted by Gasteiger charge is 2.13. The van der Waals surface area contributed by atoms with Crippen molar-refractivity contribution in [2.75, 3.05) is 5.32 Å². The topological polar surface area (TPSA) is 75.1 Å². The van der Waals surface area contributed by atoms with E-state index in [2.05, 4.69) is 20.5 Å². The van der Waals surface area contributed by atoms with Crippen LogP contribution in [-0.2, 0) is 0 Å². The summed E-state index contributed by atoms with van der Waals surface area (Å²) in [5, 5.41) is 9.28. The molecule has 0 saturated heterocycles. The van der Waals surface area contributed by atoms with Crippen LogP contribution in [0.1, 0.15) is 5.56 Å². The Hall–Kier alpha value is -3.48. The van der Waals surface area contributed by atoms with Crippen molar-refractivity contribution in [2.24, 2.45) is 0 Å². The third kappa shape index (κ3) is 2.76. The molecule has 4 rings (SSSR count).